The molecule has 5 nitrogen and oxygen atoms in total. The fraction of sp³-hybridized carbons (Fsp3) is 0.625. The first kappa shape index (κ1) is 9.70. The van der Waals surface area contributed by atoms with Crippen LogP contribution in [0.3, 0.4) is 0 Å². The average Bonchev–Trinajstić information content (AvgIpc) is 2.50. The Hall–Kier alpha value is -1.39. The molecule has 13 heavy (non-hydrogen) atoms. The topological polar surface area (TPSA) is 52.3 Å². The first-order chi connectivity index (χ1) is 6.33. The molecule has 0 fully saturated rings. The van der Waals surface area contributed by atoms with E-state index in [-0.39, 0.29) is 0 Å². The molecule has 1 aromatic heterocycles. The Bertz CT molecular complexity index is 292. The van der Waals surface area contributed by atoms with Crippen LogP contribution in [0.4, 0.5) is 5.82 Å². The van der Waals surface area contributed by atoms with Crippen LogP contribution >= 0.6 is 0 Å². The van der Waals surface area contributed by atoms with Crippen molar-refractivity contribution in [3.8, 4) is 0 Å². The minimum absolute atomic E-state index is 0.554. The quantitative estimate of drug-likeness (QED) is 0.653. The lowest BCUT2D eigenvalue weighted by Crippen LogP contribution is -2.11. The molecule has 0 bridgehead atoms. The highest BCUT2D eigenvalue weighted by molar-refractivity contribution is 5.59. The zero-order valence-electron chi connectivity index (χ0n) is 8.19. The molecule has 1 aromatic rings. The van der Waals surface area contributed by atoms with Gasteiger partial charge in [0, 0.05) is 6.21 Å². The van der Waals surface area contributed by atoms with Crippen LogP contribution in [-0.2, 0) is 6.42 Å². The summed E-state index contributed by atoms with van der Waals surface area (Å²) in [6, 6.07) is 0. The van der Waals surface area contributed by atoms with Crippen LogP contribution in [0.1, 0.15) is 26.5 Å². The minimum Gasteiger partial charge on any atom is -0.394 e. The molecule has 0 aliphatic heterocycles. The minimum atomic E-state index is 0.554. The van der Waals surface area contributed by atoms with E-state index >= 15 is 0 Å². The van der Waals surface area contributed by atoms with Gasteiger partial charge < -0.3 is 4.84 Å². The van der Waals surface area contributed by atoms with Crippen molar-refractivity contribution in [2.75, 3.05) is 6.61 Å². The van der Waals surface area contributed by atoms with Crippen LogP contribution in [0.5, 0.6) is 0 Å². The first-order valence-electron chi connectivity index (χ1n) is 4.40. The van der Waals surface area contributed by atoms with E-state index in [9.17, 15) is 0 Å². The number of hydrogen-bond donors (Lipinski definition) is 0. The van der Waals surface area contributed by atoms with Crippen LogP contribution < -0.4 is 4.84 Å². The van der Waals surface area contributed by atoms with Gasteiger partial charge in [0.2, 0.25) is 5.82 Å². The zero-order valence-corrected chi connectivity index (χ0v) is 8.19. The lowest BCUT2D eigenvalue weighted by molar-refractivity contribution is 0.0922. The standard InChI is InChI=1S/C8H14N4O/c1-4-7-8(9-5-2)12(11-10-7)13-6-3/h5H,4,6H2,1-3H3/b9-5-. The van der Waals surface area contributed by atoms with Crippen LogP contribution in [0.15, 0.2) is 4.99 Å². The van der Waals surface area contributed by atoms with Crippen molar-refractivity contribution in [2.24, 2.45) is 4.99 Å². The van der Waals surface area contributed by atoms with Gasteiger partial charge in [-0.1, -0.05) is 11.8 Å². The van der Waals surface area contributed by atoms with Crippen LogP contribution in [0.25, 0.3) is 0 Å². The second-order valence-corrected chi connectivity index (χ2v) is 2.39. The highest BCUT2D eigenvalue weighted by Gasteiger charge is 2.09. The van der Waals surface area contributed by atoms with Gasteiger partial charge in [0.05, 0.1) is 0 Å². The van der Waals surface area contributed by atoms with E-state index in [1.807, 2.05) is 20.8 Å². The molecular formula is C8H14N4O. The molecule has 1 heterocycles. The normalized spacial score (nSPS) is 11.0. The summed E-state index contributed by atoms with van der Waals surface area (Å²) in [5.41, 5.74) is 0.853. The summed E-state index contributed by atoms with van der Waals surface area (Å²) in [7, 11) is 0. The molecular weight excluding hydrogens is 168 g/mol. The molecule has 0 saturated carbocycles. The van der Waals surface area contributed by atoms with Gasteiger partial charge in [0.25, 0.3) is 0 Å². The second-order valence-electron chi connectivity index (χ2n) is 2.39. The molecule has 0 amide bonds. The van der Waals surface area contributed by atoms with E-state index < -0.39 is 0 Å². The number of aromatic nitrogens is 3. The van der Waals surface area contributed by atoms with Gasteiger partial charge in [0.15, 0.2) is 0 Å². The number of nitrogens with zero attached hydrogens (tertiary/aromatic N) is 4. The van der Waals surface area contributed by atoms with Crippen molar-refractivity contribution in [3.05, 3.63) is 5.69 Å². The Morgan fingerprint density at radius 1 is 1.54 bits per heavy atom. The third-order valence-electron chi connectivity index (χ3n) is 1.52. The van der Waals surface area contributed by atoms with Crippen molar-refractivity contribution in [1.82, 2.24) is 15.2 Å². The Balaban J connectivity index is 2.98. The van der Waals surface area contributed by atoms with E-state index in [2.05, 4.69) is 15.3 Å². The zero-order chi connectivity index (χ0) is 9.68. The van der Waals surface area contributed by atoms with Gasteiger partial charge in [-0.2, -0.15) is 0 Å². The van der Waals surface area contributed by atoms with Crippen molar-refractivity contribution < 1.29 is 4.84 Å². The molecule has 0 N–H and O–H groups in total. The predicted molar refractivity (Wildman–Crippen MR) is 50.3 cm³/mol. The highest BCUT2D eigenvalue weighted by atomic mass is 16.7. The molecule has 0 aliphatic rings. The third kappa shape index (κ3) is 2.05. The molecule has 5 heteroatoms. The van der Waals surface area contributed by atoms with Gasteiger partial charge in [-0.15, -0.1) is 5.10 Å². The second kappa shape index (κ2) is 4.59. The SMILES string of the molecule is C/C=N\c1c(CC)nnn1OCC. The molecule has 0 saturated heterocycles. The summed E-state index contributed by atoms with van der Waals surface area (Å²) in [5, 5.41) is 7.77. The molecule has 0 aliphatic carbocycles. The summed E-state index contributed by atoms with van der Waals surface area (Å²) < 4.78 is 0. The molecule has 1 rings (SSSR count). The highest BCUT2D eigenvalue weighted by Crippen LogP contribution is 2.14. The molecule has 0 spiro atoms. The van der Waals surface area contributed by atoms with E-state index in [1.54, 1.807) is 6.21 Å². The summed E-state index contributed by atoms with van der Waals surface area (Å²) >= 11 is 0. The van der Waals surface area contributed by atoms with Crippen molar-refractivity contribution in [3.63, 3.8) is 0 Å². The number of hydrogen-bond acceptors (Lipinski definition) is 4. The fourth-order valence-electron chi connectivity index (χ4n) is 0.976. The monoisotopic (exact) mass is 182 g/mol. The summed E-state index contributed by atoms with van der Waals surface area (Å²) in [6.07, 6.45) is 2.51. The van der Waals surface area contributed by atoms with E-state index in [0.29, 0.717) is 12.4 Å². The lowest BCUT2D eigenvalue weighted by Gasteiger charge is -2.01. The van der Waals surface area contributed by atoms with Crippen LogP contribution in [0, 0.1) is 0 Å². The Morgan fingerprint density at radius 3 is 2.85 bits per heavy atom. The van der Waals surface area contributed by atoms with Crippen LogP contribution in [-0.4, -0.2) is 28.0 Å². The van der Waals surface area contributed by atoms with E-state index in [0.717, 1.165) is 12.1 Å². The van der Waals surface area contributed by atoms with Crippen LogP contribution in [0.2, 0.25) is 0 Å². The Kier molecular flexibility index (Phi) is 3.42. The molecule has 0 unspecified atom stereocenters. The smallest absolute Gasteiger partial charge is 0.215 e. The third-order valence-corrected chi connectivity index (χ3v) is 1.52. The summed E-state index contributed by atoms with van der Waals surface area (Å²) in [5.74, 6) is 0.687. The maximum Gasteiger partial charge on any atom is 0.215 e. The van der Waals surface area contributed by atoms with Crippen molar-refractivity contribution in [2.45, 2.75) is 27.2 Å². The van der Waals surface area contributed by atoms with Gasteiger partial charge in [0.1, 0.15) is 12.3 Å². The van der Waals surface area contributed by atoms with Crippen molar-refractivity contribution >= 4 is 12.0 Å². The molecule has 0 radical (unpaired) electrons. The van der Waals surface area contributed by atoms with Gasteiger partial charge in [-0.05, 0) is 25.5 Å². The van der Waals surface area contributed by atoms with Crippen molar-refractivity contribution in [1.29, 1.82) is 0 Å². The largest absolute Gasteiger partial charge is 0.394 e. The lowest BCUT2D eigenvalue weighted by atomic mass is 10.3. The predicted octanol–water partition coefficient (Wildman–Crippen LogP) is 1.01. The maximum atomic E-state index is 5.20. The first-order valence-corrected chi connectivity index (χ1v) is 4.40. The fourth-order valence-corrected chi connectivity index (χ4v) is 0.976. The number of aryl methyl sites for hydroxylation is 1. The Labute approximate surface area is 77.4 Å². The number of rotatable bonds is 4. The average molecular weight is 182 g/mol. The summed E-state index contributed by atoms with van der Waals surface area (Å²) in [6.45, 7) is 6.31. The molecule has 0 aromatic carbocycles. The maximum absolute atomic E-state index is 5.20. The number of aliphatic imine (C=N–C) groups is 1. The van der Waals surface area contributed by atoms with Gasteiger partial charge in [-0.3, -0.25) is 0 Å². The summed E-state index contributed by atoms with van der Waals surface area (Å²) in [4.78, 5) is 10.7. The van der Waals surface area contributed by atoms with Gasteiger partial charge >= 0.3 is 0 Å². The van der Waals surface area contributed by atoms with Gasteiger partial charge in [-0.25, -0.2) is 4.99 Å². The van der Waals surface area contributed by atoms with E-state index in [4.69, 9.17) is 4.84 Å². The van der Waals surface area contributed by atoms with E-state index in [1.165, 1.54) is 4.85 Å². The Morgan fingerprint density at radius 2 is 2.31 bits per heavy atom. The molecule has 72 valence electrons. The molecule has 0 atom stereocenters.